The molecule has 5 heterocycles. The van der Waals surface area contributed by atoms with Crippen LogP contribution in [0.2, 0.25) is 0 Å². The van der Waals surface area contributed by atoms with Crippen LogP contribution in [-0.4, -0.2) is 61.3 Å². The topological polar surface area (TPSA) is 85.0 Å². The van der Waals surface area contributed by atoms with Crippen molar-refractivity contribution in [1.82, 2.24) is 34.7 Å². The van der Waals surface area contributed by atoms with Gasteiger partial charge in [-0.25, -0.2) is 9.36 Å². The molecule has 0 aromatic carbocycles. The molecule has 0 unspecified atom stereocenters. The first-order chi connectivity index (χ1) is 14.7. The molecule has 9 nitrogen and oxygen atoms in total. The zero-order valence-corrected chi connectivity index (χ0v) is 17.2. The van der Waals surface area contributed by atoms with Crippen molar-refractivity contribution >= 4 is 5.82 Å². The summed E-state index contributed by atoms with van der Waals surface area (Å²) < 4.78 is 3.25. The first kappa shape index (κ1) is 18.9. The summed E-state index contributed by atoms with van der Waals surface area (Å²) in [6.07, 6.45) is 6.50. The second-order valence-corrected chi connectivity index (χ2v) is 8.26. The highest BCUT2D eigenvalue weighted by Crippen LogP contribution is 2.25. The van der Waals surface area contributed by atoms with E-state index in [-0.39, 0.29) is 5.56 Å². The Morgan fingerprint density at radius 1 is 1.10 bits per heavy atom. The van der Waals surface area contributed by atoms with Gasteiger partial charge in [-0.1, -0.05) is 0 Å². The summed E-state index contributed by atoms with van der Waals surface area (Å²) in [6.45, 7) is 4.45. The molecular formula is C21H26N8O. The van der Waals surface area contributed by atoms with Crippen LogP contribution in [0.15, 0.2) is 41.5 Å². The van der Waals surface area contributed by atoms with Gasteiger partial charge in [-0.3, -0.25) is 4.79 Å². The van der Waals surface area contributed by atoms with E-state index < -0.39 is 0 Å². The first-order valence-corrected chi connectivity index (χ1v) is 10.5. The molecule has 0 radical (unpaired) electrons. The summed E-state index contributed by atoms with van der Waals surface area (Å²) in [7, 11) is 2.14. The maximum absolute atomic E-state index is 12.3. The molecule has 30 heavy (non-hydrogen) atoms. The van der Waals surface area contributed by atoms with E-state index in [0.717, 1.165) is 57.0 Å². The Hall–Kier alpha value is -3.07. The molecule has 2 aliphatic rings. The third kappa shape index (κ3) is 3.85. The Kier molecular flexibility index (Phi) is 5.04. The van der Waals surface area contributed by atoms with E-state index in [1.165, 1.54) is 5.56 Å². The molecule has 1 saturated heterocycles. The third-order valence-corrected chi connectivity index (χ3v) is 6.08. The summed E-state index contributed by atoms with van der Waals surface area (Å²) in [5.74, 6) is 2.04. The highest BCUT2D eigenvalue weighted by Gasteiger charge is 2.23. The number of nitrogens with zero attached hydrogens (tertiary/aromatic N) is 8. The molecule has 0 amide bonds. The van der Waals surface area contributed by atoms with Crippen molar-refractivity contribution in [3.05, 3.63) is 58.3 Å². The molecule has 1 fully saturated rings. The van der Waals surface area contributed by atoms with Crippen molar-refractivity contribution < 1.29 is 0 Å². The van der Waals surface area contributed by atoms with Crippen LogP contribution in [0, 0.1) is 5.92 Å². The standard InChI is InChI=1S/C21H26N8O/c1-26-10-7-18-17(15-26)13-20(24-23-18)27-11-5-16(6-12-27)14-29-21(30)4-3-19(25-29)28-9-2-8-22-28/h2-4,8-9,13,16H,5-7,10-12,14-15H2,1H3. The van der Waals surface area contributed by atoms with E-state index in [0.29, 0.717) is 18.3 Å². The minimum Gasteiger partial charge on any atom is -0.355 e. The summed E-state index contributed by atoms with van der Waals surface area (Å²) in [5.41, 5.74) is 2.36. The van der Waals surface area contributed by atoms with Crippen molar-refractivity contribution in [3.8, 4) is 5.82 Å². The highest BCUT2D eigenvalue weighted by molar-refractivity contribution is 5.42. The summed E-state index contributed by atoms with van der Waals surface area (Å²) in [4.78, 5) is 16.9. The zero-order chi connectivity index (χ0) is 20.5. The summed E-state index contributed by atoms with van der Waals surface area (Å²) in [5, 5.41) is 17.7. The van der Waals surface area contributed by atoms with Crippen LogP contribution in [-0.2, 0) is 19.5 Å². The molecule has 0 saturated carbocycles. The quantitative estimate of drug-likeness (QED) is 0.642. The second-order valence-electron chi connectivity index (χ2n) is 8.26. The fourth-order valence-electron chi connectivity index (χ4n) is 4.30. The lowest BCUT2D eigenvalue weighted by atomic mass is 9.96. The van der Waals surface area contributed by atoms with E-state index >= 15 is 0 Å². The van der Waals surface area contributed by atoms with E-state index in [1.54, 1.807) is 27.7 Å². The Bertz CT molecular complexity index is 1070. The van der Waals surface area contributed by atoms with Gasteiger partial charge in [0.2, 0.25) is 0 Å². The van der Waals surface area contributed by atoms with Gasteiger partial charge in [0.1, 0.15) is 0 Å². The van der Waals surface area contributed by atoms with Crippen LogP contribution in [0.5, 0.6) is 0 Å². The van der Waals surface area contributed by atoms with Crippen molar-refractivity contribution in [2.45, 2.75) is 32.4 Å². The highest BCUT2D eigenvalue weighted by atomic mass is 16.1. The normalized spacial score (nSPS) is 17.8. The van der Waals surface area contributed by atoms with Crippen molar-refractivity contribution in [3.63, 3.8) is 0 Å². The predicted octanol–water partition coefficient (Wildman–Crippen LogP) is 1.12. The molecular weight excluding hydrogens is 380 g/mol. The lowest BCUT2D eigenvalue weighted by Gasteiger charge is -2.33. The van der Waals surface area contributed by atoms with E-state index in [4.69, 9.17) is 0 Å². The number of piperidine rings is 1. The Morgan fingerprint density at radius 2 is 1.97 bits per heavy atom. The van der Waals surface area contributed by atoms with Gasteiger partial charge in [0.25, 0.3) is 5.56 Å². The molecule has 0 atom stereocenters. The van der Waals surface area contributed by atoms with Crippen LogP contribution in [0.4, 0.5) is 5.82 Å². The van der Waals surface area contributed by atoms with Gasteiger partial charge < -0.3 is 9.80 Å². The number of fused-ring (bicyclic) bond motifs is 1. The lowest BCUT2D eigenvalue weighted by Crippen LogP contribution is -2.38. The SMILES string of the molecule is CN1CCc2nnc(N3CCC(Cn4nc(-n5cccn5)ccc4=O)CC3)cc2C1. The fraction of sp³-hybridized carbons (Fsp3) is 0.476. The van der Waals surface area contributed by atoms with Crippen LogP contribution >= 0.6 is 0 Å². The van der Waals surface area contributed by atoms with Crippen molar-refractivity contribution in [2.75, 3.05) is 31.6 Å². The number of likely N-dealkylation sites (N-methyl/N-ethyl adjacent to an activating group) is 1. The molecule has 156 valence electrons. The number of hydrogen-bond donors (Lipinski definition) is 0. The number of rotatable bonds is 4. The van der Waals surface area contributed by atoms with E-state index in [1.807, 2.05) is 12.3 Å². The Labute approximate surface area is 174 Å². The van der Waals surface area contributed by atoms with E-state index in [2.05, 4.69) is 43.3 Å². The maximum Gasteiger partial charge on any atom is 0.266 e. The molecule has 0 N–H and O–H groups in total. The zero-order valence-electron chi connectivity index (χ0n) is 17.2. The minimum absolute atomic E-state index is 0.0713. The first-order valence-electron chi connectivity index (χ1n) is 10.5. The molecule has 0 aliphatic carbocycles. The lowest BCUT2D eigenvalue weighted by molar-refractivity contribution is 0.308. The van der Waals surface area contributed by atoms with Crippen LogP contribution in [0.1, 0.15) is 24.1 Å². The predicted molar refractivity (Wildman–Crippen MR) is 113 cm³/mol. The largest absolute Gasteiger partial charge is 0.355 e. The number of hydrogen-bond acceptors (Lipinski definition) is 7. The average molecular weight is 406 g/mol. The minimum atomic E-state index is -0.0713. The molecule has 3 aromatic rings. The summed E-state index contributed by atoms with van der Waals surface area (Å²) >= 11 is 0. The number of anilines is 1. The molecule has 3 aromatic heterocycles. The van der Waals surface area contributed by atoms with Crippen LogP contribution in [0.25, 0.3) is 5.82 Å². The molecule has 9 heteroatoms. The molecule has 0 spiro atoms. The van der Waals surface area contributed by atoms with Gasteiger partial charge in [-0.2, -0.15) is 10.2 Å². The molecule has 2 aliphatic heterocycles. The van der Waals surface area contributed by atoms with Crippen molar-refractivity contribution in [1.29, 1.82) is 0 Å². The van der Waals surface area contributed by atoms with Crippen LogP contribution in [0.3, 0.4) is 0 Å². The summed E-state index contributed by atoms with van der Waals surface area (Å²) in [6, 6.07) is 7.33. The van der Waals surface area contributed by atoms with Crippen LogP contribution < -0.4 is 10.5 Å². The van der Waals surface area contributed by atoms with Crippen molar-refractivity contribution in [2.24, 2.45) is 5.92 Å². The van der Waals surface area contributed by atoms with Gasteiger partial charge in [-0.15, -0.1) is 10.2 Å². The second kappa shape index (κ2) is 7.98. The number of aromatic nitrogens is 6. The monoisotopic (exact) mass is 406 g/mol. The van der Waals surface area contributed by atoms with E-state index in [9.17, 15) is 4.79 Å². The smallest absolute Gasteiger partial charge is 0.266 e. The third-order valence-electron chi connectivity index (χ3n) is 6.08. The fourth-order valence-corrected chi connectivity index (χ4v) is 4.30. The Balaban J connectivity index is 1.24. The van der Waals surface area contributed by atoms with Gasteiger partial charge in [-0.05, 0) is 49.6 Å². The van der Waals surface area contributed by atoms with Gasteiger partial charge in [0.05, 0.1) is 5.69 Å². The molecule has 5 rings (SSSR count). The van der Waals surface area contributed by atoms with Gasteiger partial charge in [0, 0.05) is 57.6 Å². The Morgan fingerprint density at radius 3 is 2.77 bits per heavy atom. The molecule has 0 bridgehead atoms. The van der Waals surface area contributed by atoms with Gasteiger partial charge in [0.15, 0.2) is 11.6 Å². The van der Waals surface area contributed by atoms with Gasteiger partial charge >= 0.3 is 0 Å². The average Bonchev–Trinajstić information content (AvgIpc) is 3.30. The maximum atomic E-state index is 12.3.